The number of anilines is 2. The van der Waals surface area contributed by atoms with Crippen molar-refractivity contribution in [1.29, 1.82) is 0 Å². The lowest BCUT2D eigenvalue weighted by Crippen LogP contribution is -2.30. The number of rotatable bonds is 6. The van der Waals surface area contributed by atoms with Gasteiger partial charge in [-0.25, -0.2) is 0 Å². The minimum Gasteiger partial charge on any atom is -0.351 e. The van der Waals surface area contributed by atoms with Crippen LogP contribution in [0.25, 0.3) is 5.69 Å². The summed E-state index contributed by atoms with van der Waals surface area (Å²) in [5, 5.41) is 7.15. The first-order valence-electron chi connectivity index (χ1n) is 12.1. The molecule has 7 heteroatoms. The van der Waals surface area contributed by atoms with Crippen LogP contribution in [0, 0.1) is 13.8 Å². The molecule has 1 aliphatic rings. The van der Waals surface area contributed by atoms with Gasteiger partial charge in [-0.2, -0.15) is 0 Å². The van der Waals surface area contributed by atoms with Gasteiger partial charge in [-0.3, -0.25) is 9.78 Å². The predicted molar refractivity (Wildman–Crippen MR) is 149 cm³/mol. The Morgan fingerprint density at radius 1 is 1.03 bits per heavy atom. The van der Waals surface area contributed by atoms with Gasteiger partial charge >= 0.3 is 0 Å². The molecule has 0 aliphatic carbocycles. The highest BCUT2D eigenvalue weighted by atomic mass is 32.1. The normalized spacial score (nSPS) is 17.2. The fourth-order valence-corrected chi connectivity index (χ4v) is 5.10. The molecule has 2 atom stereocenters. The van der Waals surface area contributed by atoms with E-state index in [0.29, 0.717) is 11.5 Å². The molecular weight excluding hydrogens is 466 g/mol. The average molecular weight is 496 g/mol. The molecule has 4 aromatic rings. The third-order valence-corrected chi connectivity index (χ3v) is 6.86. The molecule has 0 saturated carbocycles. The van der Waals surface area contributed by atoms with E-state index in [0.717, 1.165) is 34.0 Å². The Kier molecular flexibility index (Phi) is 6.57. The smallest absolute Gasteiger partial charge is 0.224 e. The minimum atomic E-state index is -0.142. The van der Waals surface area contributed by atoms with Crippen molar-refractivity contribution in [1.82, 2.24) is 14.9 Å². The van der Waals surface area contributed by atoms with Gasteiger partial charge in [0.15, 0.2) is 5.11 Å². The minimum absolute atomic E-state index is 0.00622. The number of aromatic nitrogens is 2. The van der Waals surface area contributed by atoms with E-state index in [-0.39, 0.29) is 18.0 Å². The summed E-state index contributed by atoms with van der Waals surface area (Å²) in [4.78, 5) is 18.8. The second-order valence-electron chi connectivity index (χ2n) is 9.04. The van der Waals surface area contributed by atoms with E-state index in [9.17, 15) is 4.79 Å². The molecule has 5 rings (SSSR count). The standard InChI is InChI=1S/C29H29N5OS/c1-4-26(35)31-23-14-13-22(18-20(23)3)34-28(27(32-29(34)36)24-11-5-6-15-30-24)25-12-8-16-33(25)21-10-7-9-19(2)17-21/h5-18,27-28H,4H2,1-3H3,(H,31,35)(H,32,36)/t27-,28-/m0/s1. The quantitative estimate of drug-likeness (QED) is 0.321. The zero-order valence-corrected chi connectivity index (χ0v) is 21.4. The maximum Gasteiger partial charge on any atom is 0.224 e. The number of nitrogens with zero attached hydrogens (tertiary/aromatic N) is 3. The third-order valence-electron chi connectivity index (χ3n) is 6.54. The van der Waals surface area contributed by atoms with E-state index in [1.54, 1.807) is 0 Å². The van der Waals surface area contributed by atoms with Crippen LogP contribution in [0.1, 0.15) is 47.9 Å². The Labute approximate surface area is 217 Å². The first-order chi connectivity index (χ1) is 17.5. The van der Waals surface area contributed by atoms with Crippen molar-refractivity contribution in [3.8, 4) is 5.69 Å². The molecule has 0 unspecified atom stereocenters. The van der Waals surface area contributed by atoms with E-state index in [4.69, 9.17) is 12.2 Å². The topological polar surface area (TPSA) is 62.2 Å². The zero-order chi connectivity index (χ0) is 25.2. The number of carbonyl (C=O) groups excluding carboxylic acids is 1. The first-order valence-corrected chi connectivity index (χ1v) is 12.5. The largest absolute Gasteiger partial charge is 0.351 e. The number of thiocarbonyl (C=S) groups is 1. The SMILES string of the molecule is CCC(=O)Nc1ccc(N2C(=S)N[C@@H](c3ccccn3)[C@@H]2c2cccn2-c2cccc(C)c2)cc1C. The second kappa shape index (κ2) is 9.95. The molecule has 1 saturated heterocycles. The lowest BCUT2D eigenvalue weighted by atomic mass is 10.00. The maximum atomic E-state index is 12.0. The number of amides is 1. The predicted octanol–water partition coefficient (Wildman–Crippen LogP) is 6.01. The number of aryl methyl sites for hydroxylation is 2. The summed E-state index contributed by atoms with van der Waals surface area (Å²) >= 11 is 5.90. The average Bonchev–Trinajstić information content (AvgIpc) is 3.50. The van der Waals surface area contributed by atoms with E-state index in [2.05, 4.69) is 80.7 Å². The second-order valence-corrected chi connectivity index (χ2v) is 9.43. The van der Waals surface area contributed by atoms with Gasteiger partial charge in [-0.15, -0.1) is 0 Å². The molecular formula is C29H29N5OS. The van der Waals surface area contributed by atoms with Crippen LogP contribution in [-0.4, -0.2) is 20.6 Å². The number of pyridine rings is 1. The lowest BCUT2D eigenvalue weighted by Gasteiger charge is -2.29. The van der Waals surface area contributed by atoms with Gasteiger partial charge in [0.25, 0.3) is 0 Å². The van der Waals surface area contributed by atoms with Crippen LogP contribution in [-0.2, 0) is 4.79 Å². The third kappa shape index (κ3) is 4.50. The highest BCUT2D eigenvalue weighted by Crippen LogP contribution is 2.42. The van der Waals surface area contributed by atoms with Crippen LogP contribution < -0.4 is 15.5 Å². The van der Waals surface area contributed by atoms with Crippen LogP contribution in [0.4, 0.5) is 11.4 Å². The summed E-state index contributed by atoms with van der Waals surface area (Å²) in [6.07, 6.45) is 4.34. The van der Waals surface area contributed by atoms with Gasteiger partial charge in [0.1, 0.15) is 6.04 Å². The summed E-state index contributed by atoms with van der Waals surface area (Å²) in [5.74, 6) is -0.00622. The molecule has 2 aromatic heterocycles. The van der Waals surface area contributed by atoms with E-state index < -0.39 is 0 Å². The molecule has 182 valence electrons. The Morgan fingerprint density at radius 2 is 1.89 bits per heavy atom. The Balaban J connectivity index is 1.62. The van der Waals surface area contributed by atoms with E-state index in [1.807, 2.05) is 50.4 Å². The van der Waals surface area contributed by atoms with Crippen molar-refractivity contribution in [2.75, 3.05) is 10.2 Å². The van der Waals surface area contributed by atoms with Crippen molar-refractivity contribution < 1.29 is 4.79 Å². The van der Waals surface area contributed by atoms with Crippen LogP contribution in [0.3, 0.4) is 0 Å². The molecule has 2 N–H and O–H groups in total. The van der Waals surface area contributed by atoms with E-state index in [1.165, 1.54) is 5.56 Å². The lowest BCUT2D eigenvalue weighted by molar-refractivity contribution is -0.115. The zero-order valence-electron chi connectivity index (χ0n) is 20.6. The molecule has 36 heavy (non-hydrogen) atoms. The van der Waals surface area contributed by atoms with Crippen molar-refractivity contribution >= 4 is 34.6 Å². The molecule has 1 fully saturated rings. The summed E-state index contributed by atoms with van der Waals surface area (Å²) in [6, 6.07) is 24.4. The van der Waals surface area contributed by atoms with Crippen molar-refractivity contribution in [3.05, 3.63) is 108 Å². The maximum absolute atomic E-state index is 12.0. The molecule has 0 bridgehead atoms. The highest BCUT2D eigenvalue weighted by molar-refractivity contribution is 7.80. The number of carbonyl (C=O) groups is 1. The Hall–Kier alpha value is -3.97. The van der Waals surface area contributed by atoms with Gasteiger partial charge in [0.2, 0.25) is 5.91 Å². The molecule has 1 aliphatic heterocycles. The Morgan fingerprint density at radius 3 is 2.61 bits per heavy atom. The molecule has 0 spiro atoms. The Bertz CT molecular complexity index is 1410. The van der Waals surface area contributed by atoms with Crippen molar-refractivity contribution in [2.45, 2.75) is 39.3 Å². The fraction of sp³-hybridized carbons (Fsp3) is 0.207. The van der Waals surface area contributed by atoms with E-state index >= 15 is 0 Å². The molecule has 0 radical (unpaired) electrons. The van der Waals surface area contributed by atoms with Crippen LogP contribution in [0.2, 0.25) is 0 Å². The number of benzene rings is 2. The summed E-state index contributed by atoms with van der Waals surface area (Å²) < 4.78 is 2.22. The van der Waals surface area contributed by atoms with Crippen LogP contribution >= 0.6 is 12.2 Å². The summed E-state index contributed by atoms with van der Waals surface area (Å²) in [7, 11) is 0. The van der Waals surface area contributed by atoms with Gasteiger partial charge in [-0.05, 0) is 91.8 Å². The van der Waals surface area contributed by atoms with Crippen molar-refractivity contribution in [2.24, 2.45) is 0 Å². The fourth-order valence-electron chi connectivity index (χ4n) is 4.76. The molecule has 3 heterocycles. The van der Waals surface area contributed by atoms with Gasteiger partial charge in [0.05, 0.1) is 11.7 Å². The van der Waals surface area contributed by atoms with Crippen molar-refractivity contribution in [3.63, 3.8) is 0 Å². The van der Waals surface area contributed by atoms with Gasteiger partial charge < -0.3 is 20.1 Å². The highest BCUT2D eigenvalue weighted by Gasteiger charge is 2.42. The monoisotopic (exact) mass is 495 g/mol. The number of hydrogen-bond donors (Lipinski definition) is 2. The summed E-state index contributed by atoms with van der Waals surface area (Å²) in [6.45, 7) is 5.95. The number of nitrogens with one attached hydrogen (secondary N) is 2. The first kappa shape index (κ1) is 23.8. The summed E-state index contributed by atoms with van der Waals surface area (Å²) in [5.41, 5.74) is 7.07. The number of hydrogen-bond acceptors (Lipinski definition) is 3. The van der Waals surface area contributed by atoms with Crippen LogP contribution in [0.15, 0.2) is 85.2 Å². The molecule has 1 amide bonds. The molecule has 6 nitrogen and oxygen atoms in total. The van der Waals surface area contributed by atoms with Gasteiger partial charge in [-0.1, -0.05) is 25.1 Å². The molecule has 2 aromatic carbocycles. The van der Waals surface area contributed by atoms with Crippen LogP contribution in [0.5, 0.6) is 0 Å². The van der Waals surface area contributed by atoms with Gasteiger partial charge in [0, 0.05) is 41.6 Å².